The van der Waals surface area contributed by atoms with E-state index in [1.54, 1.807) is 0 Å². The summed E-state index contributed by atoms with van der Waals surface area (Å²) in [7, 11) is -3.23. The second-order valence-corrected chi connectivity index (χ2v) is 3.13. The molecule has 1 N–H and O–H groups in total. The summed E-state index contributed by atoms with van der Waals surface area (Å²) in [5, 5.41) is 9.25. The molecule has 0 aliphatic heterocycles. The van der Waals surface area contributed by atoms with Crippen LogP contribution in [-0.2, 0) is 14.3 Å². The lowest BCUT2D eigenvalue weighted by atomic mass is 10.4. The second kappa shape index (κ2) is 8.22. The van der Waals surface area contributed by atoms with Gasteiger partial charge in [0.05, 0.1) is 6.61 Å². The molecule has 13 heavy (non-hydrogen) atoms. The zero-order valence-electron chi connectivity index (χ0n) is 10.8. The highest BCUT2D eigenvalue weighted by Crippen LogP contribution is 1.91. The number of aliphatic hydroxyl groups is 1. The minimum atomic E-state index is -3.23. The molecule has 0 aromatic rings. The molecule has 0 aliphatic rings. The van der Waals surface area contributed by atoms with Crippen molar-refractivity contribution in [3.63, 3.8) is 0 Å². The summed E-state index contributed by atoms with van der Waals surface area (Å²) in [4.78, 5) is 10.4. The lowest BCUT2D eigenvalue weighted by Crippen LogP contribution is -2.23. The molecule has 0 aromatic carbocycles. The summed E-state index contributed by atoms with van der Waals surface area (Å²) in [6.45, 7) is 1.52. The predicted molar refractivity (Wildman–Crippen MR) is 52.8 cm³/mol. The Morgan fingerprint density at radius 1 is 1.69 bits per heavy atom. The van der Waals surface area contributed by atoms with Crippen molar-refractivity contribution in [2.75, 3.05) is 19.8 Å². The molecule has 4 nitrogen and oxygen atoms in total. The predicted octanol–water partition coefficient (Wildman–Crippen LogP) is -0.899. The van der Waals surface area contributed by atoms with Gasteiger partial charge in [-0.1, -0.05) is 6.04 Å². The molecule has 0 spiro atoms. The molecule has 5 heteroatoms. The largest absolute Gasteiger partial charge is 0.463 e. The van der Waals surface area contributed by atoms with E-state index in [1.165, 1.54) is 6.92 Å². The zero-order valence-corrected chi connectivity index (χ0v) is 8.78. The second-order valence-electron chi connectivity index (χ2n) is 2.63. The van der Waals surface area contributed by atoms with E-state index in [0.29, 0.717) is 13.0 Å². The van der Waals surface area contributed by atoms with Crippen LogP contribution >= 0.6 is 0 Å². The maximum atomic E-state index is 10.4. The van der Waals surface area contributed by atoms with Crippen LogP contribution in [0.4, 0.5) is 0 Å². The zero-order chi connectivity index (χ0) is 12.6. The number of hydrogen-bond acceptors (Lipinski definition) is 4. The van der Waals surface area contributed by atoms with E-state index in [2.05, 4.69) is 4.74 Å². The molecule has 0 rings (SSSR count). The highest BCUT2D eigenvalue weighted by atomic mass is 28.1. The van der Waals surface area contributed by atoms with Crippen molar-refractivity contribution in [3.05, 3.63) is 0 Å². The van der Waals surface area contributed by atoms with Gasteiger partial charge in [0.25, 0.3) is 0 Å². The van der Waals surface area contributed by atoms with Gasteiger partial charge in [-0.25, -0.2) is 0 Å². The van der Waals surface area contributed by atoms with Crippen LogP contribution in [-0.4, -0.2) is 50.7 Å². The van der Waals surface area contributed by atoms with Crippen LogP contribution in [0.25, 0.3) is 0 Å². The minimum Gasteiger partial charge on any atom is -0.463 e. The van der Waals surface area contributed by atoms with Crippen LogP contribution in [0.1, 0.15) is 13.3 Å². The Labute approximate surface area is 85.3 Å². The Bertz CT molecular complexity index is 210. The summed E-state index contributed by atoms with van der Waals surface area (Å²) >= 11 is 0. The highest BCUT2D eigenvalue weighted by Gasteiger charge is 2.05. The van der Waals surface area contributed by atoms with E-state index < -0.39 is 22.1 Å². The molecule has 0 saturated heterocycles. The topological polar surface area (TPSA) is 55.8 Å². The van der Waals surface area contributed by atoms with E-state index in [0.717, 1.165) is 0 Å². The standard InChI is InChI=1S/C8H18O4Si/c1-7(9)12-6-8(10)5-11-3-2-4-13/h8,10H,2-6H2,1,13H3/i13T3. The summed E-state index contributed by atoms with van der Waals surface area (Å²) in [6, 6.07) is 0.229. The fourth-order valence-electron chi connectivity index (χ4n) is 0.655. The quantitative estimate of drug-likeness (QED) is 0.322. The van der Waals surface area contributed by atoms with Crippen molar-refractivity contribution >= 4 is 16.0 Å². The van der Waals surface area contributed by atoms with Crippen LogP contribution in [0, 0.1) is 0 Å². The first-order chi connectivity index (χ1) is 7.31. The first-order valence-corrected chi connectivity index (χ1v) is 4.91. The van der Waals surface area contributed by atoms with Crippen molar-refractivity contribution in [2.24, 2.45) is 0 Å². The molecule has 1 unspecified atom stereocenters. The number of hydrogen-bond donors (Lipinski definition) is 1. The molecule has 0 aliphatic carbocycles. The van der Waals surface area contributed by atoms with Crippen molar-refractivity contribution in [1.82, 2.24) is 0 Å². The molecular weight excluding hydrogens is 188 g/mol. The number of ether oxygens (including phenoxy) is 2. The van der Waals surface area contributed by atoms with Gasteiger partial charge in [0, 0.05) is 27.3 Å². The van der Waals surface area contributed by atoms with Crippen LogP contribution in [0.5, 0.6) is 0 Å². The Morgan fingerprint density at radius 3 is 3.08 bits per heavy atom. The molecule has 0 amide bonds. The van der Waals surface area contributed by atoms with Gasteiger partial charge in [-0.3, -0.25) is 4.79 Å². The maximum absolute atomic E-state index is 10.4. The molecule has 0 fully saturated rings. The first kappa shape index (κ1) is 7.96. The van der Waals surface area contributed by atoms with Gasteiger partial charge in [0.1, 0.15) is 12.7 Å². The highest BCUT2D eigenvalue weighted by molar-refractivity contribution is 6.08. The summed E-state index contributed by atoms with van der Waals surface area (Å²) in [5.74, 6) is -0.451. The van der Waals surface area contributed by atoms with Gasteiger partial charge in [-0.2, -0.15) is 0 Å². The van der Waals surface area contributed by atoms with Gasteiger partial charge >= 0.3 is 5.97 Å². The third kappa shape index (κ3) is 9.52. The number of carbonyl (C=O) groups is 1. The Balaban J connectivity index is 3.34. The number of esters is 1. The molecule has 0 radical (unpaired) electrons. The molecule has 0 saturated carbocycles. The number of carbonyl (C=O) groups excluding carboxylic acids is 1. The van der Waals surface area contributed by atoms with E-state index in [1.807, 2.05) is 0 Å². The minimum absolute atomic E-state index is 0.0514. The van der Waals surface area contributed by atoms with Crippen molar-refractivity contribution < 1.29 is 19.4 Å². The van der Waals surface area contributed by atoms with Gasteiger partial charge in [-0.15, -0.1) is 0 Å². The third-order valence-corrected chi connectivity index (χ3v) is 1.61. The molecule has 0 bridgehead atoms. The van der Waals surface area contributed by atoms with E-state index >= 15 is 0 Å². The summed E-state index contributed by atoms with van der Waals surface area (Å²) in [6.07, 6.45) is -0.378. The van der Waals surface area contributed by atoms with Crippen LogP contribution in [0.2, 0.25) is 6.04 Å². The van der Waals surface area contributed by atoms with E-state index in [9.17, 15) is 9.90 Å². The lowest BCUT2D eigenvalue weighted by molar-refractivity contribution is -0.145. The lowest BCUT2D eigenvalue weighted by Gasteiger charge is -2.10. The van der Waals surface area contributed by atoms with Crippen molar-refractivity contribution in [3.8, 4) is 0 Å². The van der Waals surface area contributed by atoms with Gasteiger partial charge in [0.2, 0.25) is 0 Å². The monoisotopic (exact) mass is 212 g/mol. The SMILES string of the molecule is [3H][Si]([3H])([3H])CCCOCC(O)COC(C)=O. The Morgan fingerprint density at radius 2 is 2.46 bits per heavy atom. The molecule has 1 atom stereocenters. The van der Waals surface area contributed by atoms with Gasteiger partial charge < -0.3 is 14.6 Å². The first-order valence-electron chi connectivity index (χ1n) is 5.70. The van der Waals surface area contributed by atoms with Gasteiger partial charge in [0.15, 0.2) is 0 Å². The number of aliphatic hydroxyl groups excluding tert-OH is 1. The molecule has 78 valence electrons. The van der Waals surface area contributed by atoms with Gasteiger partial charge in [-0.05, 0) is 6.42 Å². The molecule has 0 heterocycles. The van der Waals surface area contributed by atoms with Crippen LogP contribution < -0.4 is 0 Å². The van der Waals surface area contributed by atoms with E-state index in [-0.39, 0.29) is 19.3 Å². The maximum Gasteiger partial charge on any atom is 0.302 e. The van der Waals surface area contributed by atoms with Crippen LogP contribution in [0.15, 0.2) is 0 Å². The smallest absolute Gasteiger partial charge is 0.302 e. The Hall–Kier alpha value is -0.393. The van der Waals surface area contributed by atoms with Crippen LogP contribution in [0.3, 0.4) is 0 Å². The average molecular weight is 212 g/mol. The normalized spacial score (nSPS) is 16.9. The van der Waals surface area contributed by atoms with Crippen molar-refractivity contribution in [2.45, 2.75) is 25.5 Å². The molecular formula is C8H18O4Si. The summed E-state index contributed by atoms with van der Waals surface area (Å²) in [5.41, 5.74) is 0. The fraction of sp³-hybridized carbons (Fsp3) is 0.875. The number of rotatable bonds is 8. The summed E-state index contributed by atoms with van der Waals surface area (Å²) < 4.78 is 30.8. The van der Waals surface area contributed by atoms with E-state index in [4.69, 9.17) is 8.44 Å². The third-order valence-electron chi connectivity index (χ3n) is 1.25. The average Bonchev–Trinajstić information content (AvgIpc) is 2.12. The Kier molecular flexibility index (Phi) is 5.03. The fourth-order valence-corrected chi connectivity index (χ4v) is 0.800. The molecule has 0 aromatic heterocycles. The van der Waals surface area contributed by atoms with Crippen molar-refractivity contribution in [1.29, 1.82) is 3.70 Å².